The zero-order valence-corrected chi connectivity index (χ0v) is 6.57. The monoisotopic (exact) mass is 183 g/mol. The van der Waals surface area contributed by atoms with Crippen molar-refractivity contribution >= 4 is 17.0 Å². The third-order valence-corrected chi connectivity index (χ3v) is 1.98. The van der Waals surface area contributed by atoms with Crippen LogP contribution in [-0.4, -0.2) is 29.3 Å². The van der Waals surface area contributed by atoms with Crippen molar-refractivity contribution in [3.63, 3.8) is 0 Å². The summed E-state index contributed by atoms with van der Waals surface area (Å²) < 4.78 is 24.9. The highest BCUT2D eigenvalue weighted by molar-refractivity contribution is 6.62. The van der Waals surface area contributed by atoms with Crippen molar-refractivity contribution in [3.05, 3.63) is 0 Å². The quantitative estimate of drug-likeness (QED) is 0.416. The predicted molar refractivity (Wildman–Crippen MR) is 37.0 cm³/mol. The van der Waals surface area contributed by atoms with E-state index < -0.39 is 11.3 Å². The van der Waals surface area contributed by atoms with Crippen LogP contribution in [-0.2, 0) is 0 Å². The van der Waals surface area contributed by atoms with Gasteiger partial charge in [0.1, 0.15) is 0 Å². The Morgan fingerprint density at radius 2 is 1.82 bits per heavy atom. The normalized spacial score (nSPS) is 23.4. The zero-order chi connectivity index (χ0) is 8.48. The summed E-state index contributed by atoms with van der Waals surface area (Å²) in [6.45, 7) is 0.130. The van der Waals surface area contributed by atoms with Crippen LogP contribution >= 0.6 is 11.6 Å². The lowest BCUT2D eigenvalue weighted by Gasteiger charge is -2.29. The van der Waals surface area contributed by atoms with Crippen LogP contribution in [0.3, 0.4) is 0 Å². The van der Waals surface area contributed by atoms with Crippen molar-refractivity contribution in [2.75, 3.05) is 13.1 Å². The second-order valence-electron chi connectivity index (χ2n) is 2.60. The zero-order valence-electron chi connectivity index (χ0n) is 5.82. The third-order valence-electron chi connectivity index (χ3n) is 1.74. The van der Waals surface area contributed by atoms with Crippen molar-refractivity contribution in [2.45, 2.75) is 18.8 Å². The molecule has 1 saturated heterocycles. The van der Waals surface area contributed by atoms with E-state index in [1.807, 2.05) is 0 Å². The Labute approximate surface area is 68.1 Å². The first-order valence-electron chi connectivity index (χ1n) is 3.33. The molecule has 1 rings (SSSR count). The fourth-order valence-electron chi connectivity index (χ4n) is 1.01. The van der Waals surface area contributed by atoms with E-state index in [9.17, 15) is 13.6 Å². The van der Waals surface area contributed by atoms with Crippen LogP contribution in [0.15, 0.2) is 0 Å². The SMILES string of the molecule is O=C(Cl)N1CCC(F)(F)CC1. The predicted octanol–water partition coefficient (Wildman–Crippen LogP) is 2.08. The number of carbonyl (C=O) groups is 1. The molecule has 0 N–H and O–H groups in total. The van der Waals surface area contributed by atoms with E-state index in [4.69, 9.17) is 11.6 Å². The summed E-state index contributed by atoms with van der Waals surface area (Å²) in [4.78, 5) is 11.7. The molecule has 0 aromatic rings. The van der Waals surface area contributed by atoms with E-state index in [1.165, 1.54) is 4.90 Å². The van der Waals surface area contributed by atoms with Gasteiger partial charge in [-0.25, -0.2) is 8.78 Å². The molecule has 0 atom stereocenters. The highest BCUT2D eigenvalue weighted by Gasteiger charge is 2.34. The number of hydrogen-bond donors (Lipinski definition) is 0. The third kappa shape index (κ3) is 2.29. The minimum Gasteiger partial charge on any atom is -0.329 e. The second-order valence-corrected chi connectivity index (χ2v) is 2.92. The summed E-state index contributed by atoms with van der Waals surface area (Å²) in [6, 6.07) is 0. The highest BCUT2D eigenvalue weighted by Crippen LogP contribution is 2.27. The molecule has 2 nitrogen and oxygen atoms in total. The molecule has 1 aliphatic heterocycles. The molecule has 1 aliphatic rings. The molecular weight excluding hydrogens is 176 g/mol. The molecule has 0 radical (unpaired) electrons. The van der Waals surface area contributed by atoms with Gasteiger partial charge in [0.2, 0.25) is 0 Å². The van der Waals surface area contributed by atoms with Gasteiger partial charge in [-0.2, -0.15) is 0 Å². The summed E-state index contributed by atoms with van der Waals surface area (Å²) in [6.07, 6.45) is -0.545. The van der Waals surface area contributed by atoms with Crippen LogP contribution in [0.4, 0.5) is 13.6 Å². The number of halogens is 3. The number of nitrogens with zero attached hydrogens (tertiary/aromatic N) is 1. The minimum atomic E-state index is -2.61. The maximum Gasteiger partial charge on any atom is 0.316 e. The Hall–Kier alpha value is -0.380. The lowest BCUT2D eigenvalue weighted by atomic mass is 10.1. The Balaban J connectivity index is 2.42. The largest absolute Gasteiger partial charge is 0.329 e. The van der Waals surface area contributed by atoms with E-state index in [0.29, 0.717) is 0 Å². The topological polar surface area (TPSA) is 20.3 Å². The van der Waals surface area contributed by atoms with Crippen LogP contribution in [0.1, 0.15) is 12.8 Å². The molecule has 1 fully saturated rings. The maximum atomic E-state index is 12.5. The molecule has 1 heterocycles. The number of amides is 1. The smallest absolute Gasteiger partial charge is 0.316 e. The van der Waals surface area contributed by atoms with Crippen LogP contribution < -0.4 is 0 Å². The Bertz CT molecular complexity index is 164. The summed E-state index contributed by atoms with van der Waals surface area (Å²) >= 11 is 5.09. The molecule has 0 bridgehead atoms. The first-order valence-corrected chi connectivity index (χ1v) is 3.71. The van der Waals surface area contributed by atoms with E-state index >= 15 is 0 Å². The fraction of sp³-hybridized carbons (Fsp3) is 0.833. The van der Waals surface area contributed by atoms with Gasteiger partial charge in [0.25, 0.3) is 5.92 Å². The van der Waals surface area contributed by atoms with E-state index in [0.717, 1.165) is 0 Å². The summed E-state index contributed by atoms with van der Waals surface area (Å²) in [7, 11) is 0. The molecular formula is C6H8ClF2NO. The molecule has 0 aliphatic carbocycles. The Kier molecular flexibility index (Phi) is 2.32. The van der Waals surface area contributed by atoms with Crippen molar-refractivity contribution in [2.24, 2.45) is 0 Å². The van der Waals surface area contributed by atoms with E-state index in [2.05, 4.69) is 0 Å². The second kappa shape index (κ2) is 2.93. The molecule has 0 aromatic carbocycles. The average molecular weight is 184 g/mol. The number of hydrogen-bond acceptors (Lipinski definition) is 1. The number of alkyl halides is 2. The summed E-state index contributed by atoms with van der Waals surface area (Å²) in [5.41, 5.74) is 0. The van der Waals surface area contributed by atoms with Gasteiger partial charge in [-0.3, -0.25) is 4.79 Å². The number of carbonyl (C=O) groups excluding carboxylic acids is 1. The van der Waals surface area contributed by atoms with Gasteiger partial charge < -0.3 is 4.90 Å². The molecule has 0 aromatic heterocycles. The number of likely N-dealkylation sites (tertiary alicyclic amines) is 1. The van der Waals surface area contributed by atoms with Crippen molar-refractivity contribution in [1.82, 2.24) is 4.90 Å². The van der Waals surface area contributed by atoms with E-state index in [-0.39, 0.29) is 25.9 Å². The number of piperidine rings is 1. The standard InChI is InChI=1S/C6H8ClF2NO/c7-5(11)10-3-1-6(8,9)2-4-10/h1-4H2. The lowest BCUT2D eigenvalue weighted by Crippen LogP contribution is -2.40. The molecule has 0 saturated carbocycles. The van der Waals surface area contributed by atoms with Crippen LogP contribution in [0.5, 0.6) is 0 Å². The summed E-state index contributed by atoms with van der Waals surface area (Å²) in [5.74, 6) is -2.61. The van der Waals surface area contributed by atoms with Crippen molar-refractivity contribution in [1.29, 1.82) is 0 Å². The molecule has 1 amide bonds. The molecule has 64 valence electrons. The van der Waals surface area contributed by atoms with Crippen LogP contribution in [0.2, 0.25) is 0 Å². The average Bonchev–Trinajstić information content (AvgIpc) is 1.86. The van der Waals surface area contributed by atoms with Gasteiger partial charge in [0, 0.05) is 25.9 Å². The molecule has 0 unspecified atom stereocenters. The Morgan fingerprint density at radius 1 is 1.36 bits per heavy atom. The number of rotatable bonds is 0. The highest BCUT2D eigenvalue weighted by atomic mass is 35.5. The summed E-state index contributed by atoms with van der Waals surface area (Å²) in [5, 5.41) is -0.638. The molecule has 11 heavy (non-hydrogen) atoms. The van der Waals surface area contributed by atoms with E-state index in [1.54, 1.807) is 0 Å². The van der Waals surface area contributed by atoms with Gasteiger partial charge in [0.15, 0.2) is 0 Å². The van der Waals surface area contributed by atoms with Crippen LogP contribution in [0.25, 0.3) is 0 Å². The van der Waals surface area contributed by atoms with Crippen LogP contribution in [0, 0.1) is 0 Å². The van der Waals surface area contributed by atoms with Crippen molar-refractivity contribution < 1.29 is 13.6 Å². The minimum absolute atomic E-state index is 0.0648. The molecule has 5 heteroatoms. The lowest BCUT2D eigenvalue weighted by molar-refractivity contribution is -0.0454. The maximum absolute atomic E-state index is 12.5. The fourth-order valence-corrected chi connectivity index (χ4v) is 1.18. The first kappa shape index (κ1) is 8.71. The first-order chi connectivity index (χ1) is 5.01. The van der Waals surface area contributed by atoms with Gasteiger partial charge >= 0.3 is 5.37 Å². The Morgan fingerprint density at radius 3 is 2.18 bits per heavy atom. The van der Waals surface area contributed by atoms with Gasteiger partial charge in [-0.15, -0.1) is 0 Å². The molecule has 0 spiro atoms. The van der Waals surface area contributed by atoms with Gasteiger partial charge in [-0.05, 0) is 11.6 Å². The van der Waals surface area contributed by atoms with Gasteiger partial charge in [0.05, 0.1) is 0 Å². The van der Waals surface area contributed by atoms with Crippen molar-refractivity contribution in [3.8, 4) is 0 Å². The van der Waals surface area contributed by atoms with Gasteiger partial charge in [-0.1, -0.05) is 0 Å².